The van der Waals surface area contributed by atoms with Crippen molar-refractivity contribution in [2.45, 2.75) is 85.5 Å². The maximum absolute atomic E-state index is 2.45. The Morgan fingerprint density at radius 3 is 1.93 bits per heavy atom. The van der Waals surface area contributed by atoms with E-state index in [1.165, 1.54) is 57.8 Å². The van der Waals surface area contributed by atoms with Gasteiger partial charge < -0.3 is 0 Å². The minimum Gasteiger partial charge on any atom is -0.0654 e. The highest BCUT2D eigenvalue weighted by molar-refractivity contribution is 4.65. The van der Waals surface area contributed by atoms with E-state index >= 15 is 0 Å². The number of unbranched alkanes of at least 4 members (excludes halogenated alkanes) is 4. The van der Waals surface area contributed by atoms with Crippen molar-refractivity contribution in [1.29, 1.82) is 0 Å². The fraction of sp³-hybridized carbons (Fsp3) is 1.00. The van der Waals surface area contributed by atoms with E-state index in [4.69, 9.17) is 0 Å². The zero-order valence-corrected chi connectivity index (χ0v) is 11.5. The molecule has 0 saturated heterocycles. The van der Waals surface area contributed by atoms with Gasteiger partial charge in [-0.25, -0.2) is 0 Å². The lowest BCUT2D eigenvalue weighted by Gasteiger charge is -2.22. The van der Waals surface area contributed by atoms with E-state index in [1.54, 1.807) is 0 Å². The highest BCUT2D eigenvalue weighted by atomic mass is 14.2. The van der Waals surface area contributed by atoms with Crippen LogP contribution in [-0.2, 0) is 0 Å². The molecule has 0 bridgehead atoms. The molecule has 0 nitrogen and oxygen atoms in total. The lowest BCUT2D eigenvalue weighted by Crippen LogP contribution is -2.10. The van der Waals surface area contributed by atoms with Crippen LogP contribution in [0.4, 0.5) is 0 Å². The third-order valence-corrected chi connectivity index (χ3v) is 3.75. The summed E-state index contributed by atoms with van der Waals surface area (Å²) in [6.07, 6.45) is 12.8. The molecule has 0 fully saturated rings. The second-order valence-corrected chi connectivity index (χ2v) is 5.14. The number of hydrogen-bond acceptors (Lipinski definition) is 0. The van der Waals surface area contributed by atoms with Gasteiger partial charge in [-0.15, -0.1) is 0 Å². The molecular weight excluding hydrogens is 180 g/mol. The highest BCUT2D eigenvalue weighted by Gasteiger charge is 2.13. The topological polar surface area (TPSA) is 0 Å². The van der Waals surface area contributed by atoms with Crippen molar-refractivity contribution in [1.82, 2.24) is 0 Å². The van der Waals surface area contributed by atoms with Crippen molar-refractivity contribution in [2.24, 2.45) is 11.8 Å². The summed E-state index contributed by atoms with van der Waals surface area (Å²) in [4.78, 5) is 0. The molecular formula is C15H32. The van der Waals surface area contributed by atoms with Gasteiger partial charge >= 0.3 is 0 Å². The van der Waals surface area contributed by atoms with Gasteiger partial charge in [0.15, 0.2) is 0 Å². The van der Waals surface area contributed by atoms with Crippen molar-refractivity contribution in [3.63, 3.8) is 0 Å². The van der Waals surface area contributed by atoms with Crippen LogP contribution in [0.5, 0.6) is 0 Å². The Kier molecular flexibility index (Phi) is 10.5. The normalized spacial score (nSPS) is 15.2. The SMILES string of the molecule is CCCCCCCC(CC)C(C)CCC. The Hall–Kier alpha value is 0. The van der Waals surface area contributed by atoms with Crippen LogP contribution in [0.1, 0.15) is 85.5 Å². The number of rotatable bonds is 10. The maximum atomic E-state index is 2.45. The first-order chi connectivity index (χ1) is 7.26. The molecule has 0 spiro atoms. The van der Waals surface area contributed by atoms with E-state index in [2.05, 4.69) is 27.7 Å². The Balaban J connectivity index is 3.51. The van der Waals surface area contributed by atoms with Gasteiger partial charge in [0.2, 0.25) is 0 Å². The molecule has 0 amide bonds. The second-order valence-electron chi connectivity index (χ2n) is 5.14. The van der Waals surface area contributed by atoms with Gasteiger partial charge in [-0.2, -0.15) is 0 Å². The number of hydrogen-bond donors (Lipinski definition) is 0. The van der Waals surface area contributed by atoms with E-state index in [9.17, 15) is 0 Å². The van der Waals surface area contributed by atoms with Crippen molar-refractivity contribution < 1.29 is 0 Å². The largest absolute Gasteiger partial charge is 0.0654 e. The van der Waals surface area contributed by atoms with Gasteiger partial charge in [0, 0.05) is 0 Å². The summed E-state index contributed by atoms with van der Waals surface area (Å²) in [7, 11) is 0. The Bertz CT molecular complexity index is 117. The van der Waals surface area contributed by atoms with Gasteiger partial charge in [0.05, 0.1) is 0 Å². The molecule has 0 aromatic rings. The zero-order valence-electron chi connectivity index (χ0n) is 11.5. The van der Waals surface area contributed by atoms with E-state index in [1.807, 2.05) is 0 Å². The predicted octanol–water partition coefficient (Wildman–Crippen LogP) is 5.81. The van der Waals surface area contributed by atoms with Crippen LogP contribution in [-0.4, -0.2) is 0 Å². The van der Waals surface area contributed by atoms with Crippen LogP contribution in [0.3, 0.4) is 0 Å². The minimum absolute atomic E-state index is 0.950. The molecule has 15 heavy (non-hydrogen) atoms. The molecule has 2 unspecified atom stereocenters. The van der Waals surface area contributed by atoms with Crippen LogP contribution >= 0.6 is 0 Å². The van der Waals surface area contributed by atoms with E-state index in [0.717, 1.165) is 11.8 Å². The lowest BCUT2D eigenvalue weighted by atomic mass is 9.84. The molecule has 0 heteroatoms. The molecule has 0 aliphatic rings. The summed E-state index contributed by atoms with van der Waals surface area (Å²) in [6.45, 7) is 9.41. The van der Waals surface area contributed by atoms with Crippen LogP contribution in [0.2, 0.25) is 0 Å². The molecule has 0 rings (SSSR count). The summed E-state index contributed by atoms with van der Waals surface area (Å²) < 4.78 is 0. The summed E-state index contributed by atoms with van der Waals surface area (Å²) in [5.74, 6) is 1.94. The van der Waals surface area contributed by atoms with Crippen LogP contribution in [0.15, 0.2) is 0 Å². The maximum Gasteiger partial charge on any atom is -0.0391 e. The smallest absolute Gasteiger partial charge is 0.0391 e. The van der Waals surface area contributed by atoms with Crippen molar-refractivity contribution in [2.75, 3.05) is 0 Å². The van der Waals surface area contributed by atoms with Crippen molar-refractivity contribution in [3.8, 4) is 0 Å². The van der Waals surface area contributed by atoms with E-state index < -0.39 is 0 Å². The van der Waals surface area contributed by atoms with Crippen molar-refractivity contribution in [3.05, 3.63) is 0 Å². The standard InChI is InChI=1S/C15H32/c1-5-8-9-10-11-13-15(7-3)14(4)12-6-2/h14-15H,5-13H2,1-4H3. The van der Waals surface area contributed by atoms with Crippen LogP contribution in [0, 0.1) is 11.8 Å². The van der Waals surface area contributed by atoms with Gasteiger partial charge in [0.25, 0.3) is 0 Å². The second kappa shape index (κ2) is 10.5. The molecule has 0 aliphatic carbocycles. The Morgan fingerprint density at radius 1 is 0.733 bits per heavy atom. The molecule has 0 heterocycles. The average molecular weight is 212 g/mol. The first-order valence-corrected chi connectivity index (χ1v) is 7.26. The van der Waals surface area contributed by atoms with E-state index in [0.29, 0.717) is 0 Å². The summed E-state index contributed by atoms with van der Waals surface area (Å²) >= 11 is 0. The first kappa shape index (κ1) is 15.0. The van der Waals surface area contributed by atoms with Gasteiger partial charge in [-0.3, -0.25) is 0 Å². The molecule has 92 valence electrons. The van der Waals surface area contributed by atoms with Crippen molar-refractivity contribution >= 4 is 0 Å². The molecule has 0 aliphatic heterocycles. The van der Waals surface area contributed by atoms with Gasteiger partial charge in [-0.05, 0) is 11.8 Å². The third-order valence-electron chi connectivity index (χ3n) is 3.75. The third kappa shape index (κ3) is 7.88. The van der Waals surface area contributed by atoms with E-state index in [-0.39, 0.29) is 0 Å². The molecule has 0 radical (unpaired) electrons. The molecule has 0 saturated carbocycles. The van der Waals surface area contributed by atoms with Crippen LogP contribution < -0.4 is 0 Å². The highest BCUT2D eigenvalue weighted by Crippen LogP contribution is 2.25. The van der Waals surface area contributed by atoms with Crippen LogP contribution in [0.25, 0.3) is 0 Å². The fourth-order valence-corrected chi connectivity index (χ4v) is 2.59. The summed E-state index contributed by atoms with van der Waals surface area (Å²) in [5, 5.41) is 0. The quantitative estimate of drug-likeness (QED) is 0.401. The summed E-state index contributed by atoms with van der Waals surface area (Å²) in [6, 6.07) is 0. The average Bonchev–Trinajstić information content (AvgIpc) is 2.23. The monoisotopic (exact) mass is 212 g/mol. The molecule has 0 aromatic heterocycles. The zero-order chi connectivity index (χ0) is 11.5. The Labute approximate surface area is 97.8 Å². The minimum atomic E-state index is 0.950. The molecule has 2 atom stereocenters. The fourth-order valence-electron chi connectivity index (χ4n) is 2.59. The molecule has 0 aromatic carbocycles. The summed E-state index contributed by atoms with van der Waals surface area (Å²) in [5.41, 5.74) is 0. The molecule has 0 N–H and O–H groups in total. The first-order valence-electron chi connectivity index (χ1n) is 7.26. The Morgan fingerprint density at radius 2 is 1.40 bits per heavy atom. The van der Waals surface area contributed by atoms with Gasteiger partial charge in [-0.1, -0.05) is 85.5 Å². The predicted molar refractivity (Wildman–Crippen MR) is 71.2 cm³/mol. The lowest BCUT2D eigenvalue weighted by molar-refractivity contribution is 0.297. The van der Waals surface area contributed by atoms with Gasteiger partial charge in [0.1, 0.15) is 0 Å².